The van der Waals surface area contributed by atoms with Crippen LogP contribution in [0.15, 0.2) is 120 Å². The Morgan fingerprint density at radius 1 is 0.709 bits per heavy atom. The van der Waals surface area contributed by atoms with Crippen molar-refractivity contribution in [3.63, 3.8) is 0 Å². The van der Waals surface area contributed by atoms with Crippen molar-refractivity contribution in [3.8, 4) is 39.8 Å². The van der Waals surface area contributed by atoms with E-state index in [1.165, 1.54) is 6.07 Å². The van der Waals surface area contributed by atoms with Crippen molar-refractivity contribution in [2.45, 2.75) is 80.7 Å². The highest BCUT2D eigenvalue weighted by Gasteiger charge is 2.33. The van der Waals surface area contributed by atoms with Gasteiger partial charge in [0.15, 0.2) is 29.3 Å². The minimum Gasteiger partial charge on any atom is -0.480 e. The lowest BCUT2D eigenvalue weighted by Crippen LogP contribution is -2.31. The molecule has 1 amide bonds. The molecule has 12 rings (SSSR count). The van der Waals surface area contributed by atoms with Crippen molar-refractivity contribution in [3.05, 3.63) is 138 Å². The Kier molecular flexibility index (Phi) is 16.1. The number of hydrogen-bond acceptors (Lipinski definition) is 13. The minimum atomic E-state index is -0.493. The van der Waals surface area contributed by atoms with E-state index in [1.54, 1.807) is 52.4 Å². The van der Waals surface area contributed by atoms with Crippen molar-refractivity contribution in [2.24, 2.45) is 35.3 Å². The second-order valence-electron chi connectivity index (χ2n) is 22.1. The van der Waals surface area contributed by atoms with E-state index in [4.69, 9.17) is 21.3 Å². The number of aliphatic imine (C=N–C) groups is 1. The molecule has 412 valence electrons. The highest BCUT2D eigenvalue weighted by Crippen LogP contribution is 2.38. The largest absolute Gasteiger partial charge is 0.480 e. The molecule has 24 heteroatoms. The maximum atomic E-state index is 14.2. The van der Waals surface area contributed by atoms with E-state index in [0.29, 0.717) is 29.4 Å². The van der Waals surface area contributed by atoms with Crippen LogP contribution in [0.3, 0.4) is 0 Å². The van der Waals surface area contributed by atoms with Gasteiger partial charge in [0.25, 0.3) is 5.91 Å². The monoisotopic (exact) mass is 1170 g/mol. The number of carbonyl (C=O) groups excluding carboxylic acids is 1. The summed E-state index contributed by atoms with van der Waals surface area (Å²) in [5, 5.41) is 27.2. The highest BCUT2D eigenvalue weighted by atomic mass is 79.9. The fraction of sp³-hybridized carbons (Fsp3) is 0.345. The molecule has 3 aliphatic heterocycles. The van der Waals surface area contributed by atoms with E-state index >= 15 is 0 Å². The molecule has 0 saturated heterocycles. The predicted octanol–water partition coefficient (Wildman–Crippen LogP) is 10.6. The number of halogens is 3. The Bertz CT molecular complexity index is 3680. The average Bonchev–Trinajstić information content (AvgIpc) is 4.48. The fourth-order valence-electron chi connectivity index (χ4n) is 9.59. The third-order valence-electron chi connectivity index (χ3n) is 13.4. The molecule has 0 unspecified atom stereocenters. The number of aryl methyl sites for hydroxylation is 2. The first-order valence-electron chi connectivity index (χ1n) is 25.4. The molecule has 1 atom stereocenters. The number of fused-ring (bicyclic) bond motifs is 5. The van der Waals surface area contributed by atoms with E-state index in [0.717, 1.165) is 94.3 Å². The molecule has 0 saturated carbocycles. The Labute approximate surface area is 477 Å². The number of nitrogens with zero attached hydrogens (tertiary/aromatic N) is 15. The summed E-state index contributed by atoms with van der Waals surface area (Å²) in [6.45, 7) is 19.6. The quantitative estimate of drug-likeness (QED) is 0.123. The molecule has 8 aromatic heterocycles. The number of rotatable bonds is 9. The minimum absolute atomic E-state index is 0. The van der Waals surface area contributed by atoms with Gasteiger partial charge in [0, 0.05) is 128 Å². The van der Waals surface area contributed by atoms with Gasteiger partial charge in [-0.15, -0.1) is 10.2 Å². The number of para-hydroxylation sites is 1. The number of ether oxygens (including phenoxy) is 1. The van der Waals surface area contributed by atoms with Crippen LogP contribution in [0.2, 0.25) is 0 Å². The standard InChI is InChI=1S/C27H28FN9O.C18H20ClN7.C10H13BrN2O.H2S/c1-17(38-22-8-6-5-7-19(22)28)24-33-34-25-21-13-18(14-36(21)15-27(2,3)16-37(24)25)20-9-11-29-26(31-20)32-23-10-12-30-35(23)4;1-18(2)10-21-16(19)14-8-12(9-26(14)11-18)13-4-6-20-17(23-13)24-15-5-7-22-25(15)3;1-10(2)5-12-9(14)8-3-7(11)4-13(8)6-10;/h5-14,17H,15-16H2,1-4H3,(H,29,31,32);4-9H,10-11H2,1-3H3,(H,20,23,24);3-4H,5-6H2,1-2H3,(H,12,14);1H2/t17-;;;/m0.../s1. The molecule has 0 radical (unpaired) electrons. The van der Waals surface area contributed by atoms with Gasteiger partial charge in [0.1, 0.15) is 22.5 Å². The van der Waals surface area contributed by atoms with Crippen LogP contribution in [0.4, 0.5) is 27.9 Å². The summed E-state index contributed by atoms with van der Waals surface area (Å²) >= 11 is 9.78. The number of aromatic nitrogens is 14. The lowest BCUT2D eigenvalue weighted by Gasteiger charge is -2.25. The van der Waals surface area contributed by atoms with Crippen LogP contribution < -0.4 is 20.7 Å². The molecule has 0 bridgehead atoms. The number of anilines is 4. The molecule has 0 fully saturated rings. The molecule has 11 heterocycles. The van der Waals surface area contributed by atoms with Gasteiger partial charge in [-0.3, -0.25) is 19.2 Å². The smallest absolute Gasteiger partial charge is 0.267 e. The van der Waals surface area contributed by atoms with Gasteiger partial charge in [0.2, 0.25) is 11.9 Å². The predicted molar refractivity (Wildman–Crippen MR) is 312 cm³/mol. The molecular weight excluding hydrogens is 1110 g/mol. The number of carbonyl (C=O) groups is 1. The molecule has 9 aromatic rings. The summed E-state index contributed by atoms with van der Waals surface area (Å²) < 4.78 is 33.1. The molecule has 0 spiro atoms. The molecular formula is C55H63BrClFN18O2S. The van der Waals surface area contributed by atoms with Gasteiger partial charge < -0.3 is 39.0 Å². The lowest BCUT2D eigenvalue weighted by molar-refractivity contribution is 0.0943. The van der Waals surface area contributed by atoms with Crippen molar-refractivity contribution in [2.75, 3.05) is 23.7 Å². The zero-order valence-electron chi connectivity index (χ0n) is 45.4. The summed E-state index contributed by atoms with van der Waals surface area (Å²) in [4.78, 5) is 34.2. The number of amides is 1. The Hall–Kier alpha value is -7.63. The molecule has 0 aliphatic carbocycles. The van der Waals surface area contributed by atoms with Crippen LogP contribution in [-0.2, 0) is 40.3 Å². The van der Waals surface area contributed by atoms with Crippen LogP contribution in [0.25, 0.3) is 34.0 Å². The van der Waals surface area contributed by atoms with Crippen LogP contribution in [0.1, 0.15) is 76.6 Å². The lowest BCUT2D eigenvalue weighted by atomic mass is 9.93. The number of hydrogen-bond donors (Lipinski definition) is 3. The first kappa shape index (κ1) is 56.1. The number of benzene rings is 1. The zero-order valence-corrected chi connectivity index (χ0v) is 48.7. The van der Waals surface area contributed by atoms with Gasteiger partial charge in [-0.05, 0) is 65.3 Å². The van der Waals surface area contributed by atoms with E-state index in [2.05, 4.69) is 146 Å². The second kappa shape index (κ2) is 22.6. The summed E-state index contributed by atoms with van der Waals surface area (Å²) in [6.07, 6.45) is 12.5. The third kappa shape index (κ3) is 12.8. The first-order chi connectivity index (χ1) is 37.2. The number of nitrogens with one attached hydrogen (secondary N) is 3. The normalized spacial score (nSPS) is 15.9. The van der Waals surface area contributed by atoms with Crippen molar-refractivity contribution < 1.29 is 13.9 Å². The highest BCUT2D eigenvalue weighted by molar-refractivity contribution is 9.10. The zero-order chi connectivity index (χ0) is 55.1. The fourth-order valence-corrected chi connectivity index (χ4v) is 10.3. The van der Waals surface area contributed by atoms with Gasteiger partial charge >= 0.3 is 0 Å². The van der Waals surface area contributed by atoms with E-state index in [-0.39, 0.29) is 41.4 Å². The summed E-state index contributed by atoms with van der Waals surface area (Å²) in [5.74, 6) is 3.81. The summed E-state index contributed by atoms with van der Waals surface area (Å²) in [6, 6.07) is 19.9. The molecule has 1 aromatic carbocycles. The maximum Gasteiger partial charge on any atom is 0.267 e. The van der Waals surface area contributed by atoms with Crippen LogP contribution >= 0.6 is 41.0 Å². The SMILES string of the molecule is CC1(C)CNC(=O)c2cc(Br)cn2C1.C[C@H](Oc1ccccc1F)c1nnc2n1CC(C)(C)Cn1cc(-c3ccnc(Nc4ccnn4C)n3)cc1-2.Cn1nccc1Nc1nccc(-c2cc3n(c2)CC(C)(C)CN=C3Cl)n1.S. The summed E-state index contributed by atoms with van der Waals surface area (Å²) in [5.41, 5.74) is 6.19. The van der Waals surface area contributed by atoms with E-state index < -0.39 is 11.9 Å². The van der Waals surface area contributed by atoms with Crippen molar-refractivity contribution in [1.29, 1.82) is 0 Å². The molecule has 3 N–H and O–H groups in total. The Morgan fingerprint density at radius 2 is 1.28 bits per heavy atom. The molecule has 79 heavy (non-hydrogen) atoms. The van der Waals surface area contributed by atoms with Crippen LogP contribution in [0, 0.1) is 22.1 Å². The van der Waals surface area contributed by atoms with Gasteiger partial charge in [-0.1, -0.05) is 65.3 Å². The van der Waals surface area contributed by atoms with Gasteiger partial charge in [-0.2, -0.15) is 23.7 Å². The van der Waals surface area contributed by atoms with Crippen LogP contribution in [-0.4, -0.2) is 92.1 Å². The average molecular weight is 1170 g/mol. The maximum absolute atomic E-state index is 14.2. The molecule has 20 nitrogen and oxygen atoms in total. The Balaban J connectivity index is 0.000000159. The van der Waals surface area contributed by atoms with Crippen molar-refractivity contribution >= 4 is 75.6 Å². The third-order valence-corrected chi connectivity index (χ3v) is 14.1. The van der Waals surface area contributed by atoms with Crippen LogP contribution in [0.5, 0.6) is 5.75 Å². The first-order valence-corrected chi connectivity index (χ1v) is 26.6. The van der Waals surface area contributed by atoms with E-state index in [1.807, 2.05) is 68.2 Å². The van der Waals surface area contributed by atoms with E-state index in [9.17, 15) is 9.18 Å². The second-order valence-corrected chi connectivity index (χ2v) is 23.3. The topological polar surface area (TPSA) is 207 Å². The molecule has 3 aliphatic rings. The summed E-state index contributed by atoms with van der Waals surface area (Å²) in [7, 11) is 3.71. The van der Waals surface area contributed by atoms with Gasteiger partial charge in [0.05, 0.1) is 35.2 Å². The van der Waals surface area contributed by atoms with Gasteiger partial charge in [-0.25, -0.2) is 24.3 Å². The Morgan fingerprint density at radius 3 is 1.89 bits per heavy atom. The van der Waals surface area contributed by atoms with Crippen molar-refractivity contribution in [1.82, 2.24) is 73.3 Å².